The lowest BCUT2D eigenvalue weighted by Crippen LogP contribution is -2.05. The molecule has 0 fully saturated rings. The molecule has 0 aliphatic heterocycles. The molecule has 0 saturated carbocycles. The van der Waals surface area contributed by atoms with Gasteiger partial charge in [-0.15, -0.1) is 0 Å². The molecule has 1 rings (SSSR count). The Morgan fingerprint density at radius 3 is 2.38 bits per heavy atom. The SMILES string of the molecule is C/C(=C/N(C)C)C(=O)/C=C/c1ccccc1. The molecule has 0 amide bonds. The van der Waals surface area contributed by atoms with Gasteiger partial charge in [0.2, 0.25) is 0 Å². The summed E-state index contributed by atoms with van der Waals surface area (Å²) in [5, 5.41) is 0. The van der Waals surface area contributed by atoms with E-state index in [4.69, 9.17) is 0 Å². The van der Waals surface area contributed by atoms with Gasteiger partial charge in [-0.05, 0) is 18.6 Å². The van der Waals surface area contributed by atoms with Crippen molar-refractivity contribution in [2.75, 3.05) is 14.1 Å². The van der Waals surface area contributed by atoms with Crippen LogP contribution in [0.2, 0.25) is 0 Å². The van der Waals surface area contributed by atoms with Gasteiger partial charge in [0.25, 0.3) is 0 Å². The molecule has 0 aliphatic carbocycles. The lowest BCUT2D eigenvalue weighted by atomic mass is 10.1. The number of carbonyl (C=O) groups excluding carboxylic acids is 1. The number of allylic oxidation sites excluding steroid dienone is 2. The van der Waals surface area contributed by atoms with E-state index in [0.717, 1.165) is 11.1 Å². The summed E-state index contributed by atoms with van der Waals surface area (Å²) >= 11 is 0. The minimum atomic E-state index is 0.0394. The third-order valence-electron chi connectivity index (χ3n) is 2.07. The standard InChI is InChI=1S/C14H17NO/c1-12(11-15(2)3)14(16)10-9-13-7-5-4-6-8-13/h4-11H,1-3H3/b10-9+,12-11-. The molecule has 2 heteroatoms. The molecule has 1 aromatic rings. The second-order valence-electron chi connectivity index (χ2n) is 3.88. The van der Waals surface area contributed by atoms with Crippen LogP contribution in [0.3, 0.4) is 0 Å². The molecule has 0 heterocycles. The van der Waals surface area contributed by atoms with Crippen molar-refractivity contribution in [2.45, 2.75) is 6.92 Å². The summed E-state index contributed by atoms with van der Waals surface area (Å²) in [7, 11) is 3.80. The zero-order valence-corrected chi connectivity index (χ0v) is 9.97. The van der Waals surface area contributed by atoms with Crippen molar-refractivity contribution >= 4 is 11.9 Å². The Bertz CT molecular complexity index is 402. The monoisotopic (exact) mass is 215 g/mol. The van der Waals surface area contributed by atoms with Gasteiger partial charge in [0.1, 0.15) is 0 Å². The van der Waals surface area contributed by atoms with E-state index >= 15 is 0 Å². The van der Waals surface area contributed by atoms with Gasteiger partial charge in [-0.3, -0.25) is 4.79 Å². The molecule has 1 aromatic carbocycles. The maximum absolute atomic E-state index is 11.7. The lowest BCUT2D eigenvalue weighted by Gasteiger charge is -2.05. The van der Waals surface area contributed by atoms with Gasteiger partial charge < -0.3 is 4.90 Å². The molecular weight excluding hydrogens is 198 g/mol. The van der Waals surface area contributed by atoms with Crippen molar-refractivity contribution in [1.29, 1.82) is 0 Å². The fourth-order valence-electron chi connectivity index (χ4n) is 1.32. The van der Waals surface area contributed by atoms with E-state index in [-0.39, 0.29) is 5.78 Å². The lowest BCUT2D eigenvalue weighted by molar-refractivity contribution is -0.111. The van der Waals surface area contributed by atoms with Crippen LogP contribution in [-0.4, -0.2) is 24.8 Å². The van der Waals surface area contributed by atoms with Crippen molar-refractivity contribution in [2.24, 2.45) is 0 Å². The highest BCUT2D eigenvalue weighted by atomic mass is 16.1. The van der Waals surface area contributed by atoms with Gasteiger partial charge in [0.05, 0.1) is 0 Å². The van der Waals surface area contributed by atoms with Gasteiger partial charge in [0, 0.05) is 25.9 Å². The molecule has 0 aromatic heterocycles. The highest BCUT2D eigenvalue weighted by Crippen LogP contribution is 2.03. The molecule has 16 heavy (non-hydrogen) atoms. The smallest absolute Gasteiger partial charge is 0.182 e. The first-order chi connectivity index (χ1) is 7.59. The van der Waals surface area contributed by atoms with Crippen LogP contribution in [0.25, 0.3) is 6.08 Å². The largest absolute Gasteiger partial charge is 0.383 e. The number of rotatable bonds is 4. The van der Waals surface area contributed by atoms with Crippen LogP contribution in [0.5, 0.6) is 0 Å². The summed E-state index contributed by atoms with van der Waals surface area (Å²) < 4.78 is 0. The van der Waals surface area contributed by atoms with Crippen molar-refractivity contribution in [1.82, 2.24) is 4.90 Å². The minimum Gasteiger partial charge on any atom is -0.383 e. The third-order valence-corrected chi connectivity index (χ3v) is 2.07. The van der Waals surface area contributed by atoms with E-state index in [1.165, 1.54) is 0 Å². The Morgan fingerprint density at radius 2 is 1.81 bits per heavy atom. The van der Waals surface area contributed by atoms with E-state index in [9.17, 15) is 4.79 Å². The van der Waals surface area contributed by atoms with Crippen LogP contribution >= 0.6 is 0 Å². The van der Waals surface area contributed by atoms with E-state index in [0.29, 0.717) is 0 Å². The first-order valence-electron chi connectivity index (χ1n) is 5.22. The van der Waals surface area contributed by atoms with Crippen molar-refractivity contribution in [3.05, 3.63) is 53.7 Å². The zero-order valence-electron chi connectivity index (χ0n) is 9.97. The summed E-state index contributed by atoms with van der Waals surface area (Å²) in [5.74, 6) is 0.0394. The highest BCUT2D eigenvalue weighted by molar-refractivity contribution is 6.05. The van der Waals surface area contributed by atoms with E-state index < -0.39 is 0 Å². The van der Waals surface area contributed by atoms with E-state index in [1.54, 1.807) is 6.08 Å². The van der Waals surface area contributed by atoms with Crippen LogP contribution < -0.4 is 0 Å². The summed E-state index contributed by atoms with van der Waals surface area (Å²) in [6.45, 7) is 1.82. The summed E-state index contributed by atoms with van der Waals surface area (Å²) in [6, 6.07) is 9.79. The van der Waals surface area contributed by atoms with Crippen LogP contribution in [-0.2, 0) is 4.79 Å². The molecule has 84 valence electrons. The number of carbonyl (C=O) groups is 1. The van der Waals surface area contributed by atoms with Crippen LogP contribution in [0.15, 0.2) is 48.2 Å². The molecular formula is C14H17NO. The molecule has 0 unspecified atom stereocenters. The molecule has 0 N–H and O–H groups in total. The van der Waals surface area contributed by atoms with Gasteiger partial charge in [-0.2, -0.15) is 0 Å². The number of hydrogen-bond donors (Lipinski definition) is 0. The quantitative estimate of drug-likeness (QED) is 0.720. The Hall–Kier alpha value is -1.83. The Balaban J connectivity index is 2.68. The summed E-state index contributed by atoms with van der Waals surface area (Å²) in [5.41, 5.74) is 1.77. The van der Waals surface area contributed by atoms with Gasteiger partial charge in [-0.25, -0.2) is 0 Å². The molecule has 0 aliphatic rings. The van der Waals surface area contributed by atoms with Gasteiger partial charge in [0.15, 0.2) is 5.78 Å². The Morgan fingerprint density at radius 1 is 1.19 bits per heavy atom. The van der Waals surface area contributed by atoms with Gasteiger partial charge in [-0.1, -0.05) is 36.4 Å². The number of nitrogens with zero attached hydrogens (tertiary/aromatic N) is 1. The predicted molar refractivity (Wildman–Crippen MR) is 67.9 cm³/mol. The fraction of sp³-hybridized carbons (Fsp3) is 0.214. The second-order valence-corrected chi connectivity index (χ2v) is 3.88. The Kier molecular flexibility index (Phi) is 4.52. The topological polar surface area (TPSA) is 20.3 Å². The maximum Gasteiger partial charge on any atom is 0.182 e. The molecule has 0 saturated heterocycles. The van der Waals surface area contributed by atoms with Crippen molar-refractivity contribution < 1.29 is 4.79 Å². The minimum absolute atomic E-state index is 0.0394. The summed E-state index contributed by atoms with van der Waals surface area (Å²) in [4.78, 5) is 13.5. The molecule has 0 atom stereocenters. The first-order valence-corrected chi connectivity index (χ1v) is 5.22. The number of hydrogen-bond acceptors (Lipinski definition) is 2. The van der Waals surface area contributed by atoms with Crippen LogP contribution in [0.1, 0.15) is 12.5 Å². The third kappa shape index (κ3) is 4.13. The maximum atomic E-state index is 11.7. The van der Waals surface area contributed by atoms with E-state index in [1.807, 2.05) is 68.5 Å². The normalized spacial score (nSPS) is 11.8. The number of ketones is 1. The average Bonchev–Trinajstić information content (AvgIpc) is 2.26. The predicted octanol–water partition coefficient (Wildman–Crippen LogP) is 2.73. The molecule has 0 radical (unpaired) electrons. The second kappa shape index (κ2) is 5.91. The first kappa shape index (κ1) is 12.2. The Labute approximate surface area is 96.9 Å². The van der Waals surface area contributed by atoms with Crippen LogP contribution in [0, 0.1) is 0 Å². The van der Waals surface area contributed by atoms with Crippen molar-refractivity contribution in [3.8, 4) is 0 Å². The van der Waals surface area contributed by atoms with Crippen molar-refractivity contribution in [3.63, 3.8) is 0 Å². The van der Waals surface area contributed by atoms with E-state index in [2.05, 4.69) is 0 Å². The fourth-order valence-corrected chi connectivity index (χ4v) is 1.32. The average molecular weight is 215 g/mol. The van der Waals surface area contributed by atoms with Crippen LogP contribution in [0.4, 0.5) is 0 Å². The molecule has 0 spiro atoms. The summed E-state index contributed by atoms with van der Waals surface area (Å²) in [6.07, 6.45) is 5.25. The zero-order chi connectivity index (χ0) is 12.0. The molecule has 0 bridgehead atoms. The highest BCUT2D eigenvalue weighted by Gasteiger charge is 1.99. The molecule has 2 nitrogen and oxygen atoms in total. The van der Waals surface area contributed by atoms with Gasteiger partial charge >= 0.3 is 0 Å². The number of benzene rings is 1.